The second kappa shape index (κ2) is 7.79. The number of nitrogens with one attached hydrogen (secondary N) is 1. The van der Waals surface area contributed by atoms with Gasteiger partial charge in [0.05, 0.1) is 6.42 Å². The molecule has 1 unspecified atom stereocenters. The van der Waals surface area contributed by atoms with E-state index >= 15 is 0 Å². The summed E-state index contributed by atoms with van der Waals surface area (Å²) in [5, 5.41) is 13.0. The molecule has 1 atom stereocenters. The van der Waals surface area contributed by atoms with E-state index in [0.29, 0.717) is 6.54 Å². The first-order valence-electron chi connectivity index (χ1n) is 11.0. The van der Waals surface area contributed by atoms with E-state index in [0.717, 1.165) is 64.0 Å². The van der Waals surface area contributed by atoms with E-state index in [1.807, 2.05) is 25.7 Å². The maximum Gasteiger partial charge on any atom is 0.307 e. The van der Waals surface area contributed by atoms with Crippen LogP contribution in [0, 0.1) is 26.2 Å². The molecule has 0 saturated carbocycles. The Morgan fingerprint density at radius 2 is 1.81 bits per heavy atom. The Balaban J connectivity index is 1.84. The van der Waals surface area contributed by atoms with Crippen LogP contribution in [0.5, 0.6) is 0 Å². The van der Waals surface area contributed by atoms with Crippen molar-refractivity contribution in [1.82, 2.24) is 10.2 Å². The van der Waals surface area contributed by atoms with Crippen LogP contribution in [0.4, 0.5) is 0 Å². The van der Waals surface area contributed by atoms with Crippen molar-refractivity contribution in [2.24, 2.45) is 5.41 Å². The van der Waals surface area contributed by atoms with Crippen LogP contribution in [0.1, 0.15) is 59.7 Å². The van der Waals surface area contributed by atoms with Crippen molar-refractivity contribution in [3.63, 3.8) is 0 Å². The molecule has 5 heteroatoms. The molecule has 1 fully saturated rings. The van der Waals surface area contributed by atoms with Gasteiger partial charge in [0.15, 0.2) is 0 Å². The highest BCUT2D eigenvalue weighted by atomic mass is 16.4. The second-order valence-electron chi connectivity index (χ2n) is 9.92. The number of rotatable bonds is 4. The summed E-state index contributed by atoms with van der Waals surface area (Å²) in [7, 11) is 0. The Bertz CT molecular complexity index is 1050. The van der Waals surface area contributed by atoms with Crippen molar-refractivity contribution < 1.29 is 14.7 Å². The fourth-order valence-corrected chi connectivity index (χ4v) is 5.26. The van der Waals surface area contributed by atoms with Crippen LogP contribution >= 0.6 is 0 Å². The molecule has 2 aromatic rings. The third-order valence-corrected chi connectivity index (χ3v) is 6.99. The minimum Gasteiger partial charge on any atom is -0.481 e. The molecule has 2 heterocycles. The molecule has 164 valence electrons. The van der Waals surface area contributed by atoms with Crippen molar-refractivity contribution in [1.29, 1.82) is 0 Å². The summed E-state index contributed by atoms with van der Waals surface area (Å²) in [4.78, 5) is 27.2. The van der Waals surface area contributed by atoms with E-state index in [9.17, 15) is 14.7 Å². The first kappa shape index (κ1) is 21.6. The van der Waals surface area contributed by atoms with E-state index < -0.39 is 5.97 Å². The number of likely N-dealkylation sites (tertiary alicyclic amines) is 1. The number of aryl methyl sites for hydroxylation is 1. The van der Waals surface area contributed by atoms with E-state index in [4.69, 9.17) is 0 Å². The summed E-state index contributed by atoms with van der Waals surface area (Å²) >= 11 is 0. The number of carboxylic acid groups (broad SMARTS) is 1. The number of hydrogen-bond acceptors (Lipinski definition) is 3. The molecule has 0 bridgehead atoms. The molecule has 1 amide bonds. The monoisotopic (exact) mass is 420 g/mol. The topological polar surface area (TPSA) is 69.6 Å². The van der Waals surface area contributed by atoms with E-state index in [-0.39, 0.29) is 23.8 Å². The third-order valence-electron chi connectivity index (χ3n) is 6.99. The molecule has 4 rings (SSSR count). The molecule has 0 aromatic heterocycles. The van der Waals surface area contributed by atoms with Gasteiger partial charge in [0.1, 0.15) is 6.04 Å². The van der Waals surface area contributed by atoms with Gasteiger partial charge < -0.3 is 10.0 Å². The van der Waals surface area contributed by atoms with Crippen LogP contribution in [0.15, 0.2) is 24.3 Å². The largest absolute Gasteiger partial charge is 0.481 e. The Kier molecular flexibility index (Phi) is 5.42. The number of carbonyl (C=O) groups is 2. The fraction of sp³-hybridized carbons (Fsp3) is 0.462. The Morgan fingerprint density at radius 3 is 2.39 bits per heavy atom. The molecule has 31 heavy (non-hydrogen) atoms. The van der Waals surface area contributed by atoms with Gasteiger partial charge in [-0.3, -0.25) is 14.9 Å². The highest BCUT2D eigenvalue weighted by Gasteiger charge is 2.40. The molecule has 2 N–H and O–H groups in total. The minimum absolute atomic E-state index is 0.0257. The lowest BCUT2D eigenvalue weighted by molar-refractivity contribution is -0.136. The van der Waals surface area contributed by atoms with Crippen LogP contribution in [-0.2, 0) is 22.6 Å². The van der Waals surface area contributed by atoms with Crippen LogP contribution in [0.3, 0.4) is 0 Å². The Labute approximate surface area is 184 Å². The maximum atomic E-state index is 13.5. The molecule has 2 aliphatic rings. The van der Waals surface area contributed by atoms with Gasteiger partial charge in [-0.15, -0.1) is 0 Å². The standard InChI is InChI=1S/C26H32N2O3/c1-15-6-8-18(9-7-15)22-17(3)23-20(16(2)19(22)12-21(29)30)13-27-24(23)25(31)28-11-10-26(4,5)14-28/h6-9,24,27H,10-14H2,1-5H3,(H,29,30). The number of fused-ring (bicyclic) bond motifs is 1. The zero-order valence-electron chi connectivity index (χ0n) is 19.1. The smallest absolute Gasteiger partial charge is 0.307 e. The molecule has 0 spiro atoms. The number of hydrogen-bond donors (Lipinski definition) is 2. The lowest BCUT2D eigenvalue weighted by atomic mass is 9.82. The normalized spacial score (nSPS) is 19.5. The number of carboxylic acids is 1. The van der Waals surface area contributed by atoms with Gasteiger partial charge in [-0.2, -0.15) is 0 Å². The van der Waals surface area contributed by atoms with Crippen LogP contribution < -0.4 is 5.32 Å². The number of nitrogens with zero attached hydrogens (tertiary/aromatic N) is 1. The number of amides is 1. The number of benzene rings is 2. The third kappa shape index (κ3) is 3.87. The van der Waals surface area contributed by atoms with Crippen molar-refractivity contribution >= 4 is 11.9 Å². The average Bonchev–Trinajstić information content (AvgIpc) is 3.30. The zero-order chi connectivity index (χ0) is 22.5. The fourth-order valence-electron chi connectivity index (χ4n) is 5.26. The van der Waals surface area contributed by atoms with E-state index in [2.05, 4.69) is 43.4 Å². The first-order chi connectivity index (χ1) is 14.6. The molecular formula is C26H32N2O3. The minimum atomic E-state index is -0.839. The predicted molar refractivity (Wildman–Crippen MR) is 122 cm³/mol. The summed E-state index contributed by atoms with van der Waals surface area (Å²) < 4.78 is 0. The first-order valence-corrected chi connectivity index (χ1v) is 11.0. The summed E-state index contributed by atoms with van der Waals surface area (Å²) in [5.41, 5.74) is 8.26. The molecule has 2 aliphatic heterocycles. The van der Waals surface area contributed by atoms with E-state index in [1.54, 1.807) is 0 Å². The Hall–Kier alpha value is -2.66. The summed E-state index contributed by atoms with van der Waals surface area (Å²) in [5.74, 6) is -0.707. The van der Waals surface area contributed by atoms with Crippen LogP contribution in [0.25, 0.3) is 11.1 Å². The summed E-state index contributed by atoms with van der Waals surface area (Å²) in [6.07, 6.45) is 0.991. The van der Waals surface area contributed by atoms with Crippen molar-refractivity contribution in [2.45, 2.75) is 60.0 Å². The summed E-state index contributed by atoms with van der Waals surface area (Å²) in [6, 6.07) is 7.84. The zero-order valence-corrected chi connectivity index (χ0v) is 19.1. The maximum absolute atomic E-state index is 13.5. The lowest BCUT2D eigenvalue weighted by Crippen LogP contribution is -2.38. The average molecular weight is 421 g/mol. The molecule has 2 aromatic carbocycles. The van der Waals surface area contributed by atoms with Crippen molar-refractivity contribution in [3.05, 3.63) is 57.6 Å². The molecule has 0 aliphatic carbocycles. The predicted octanol–water partition coefficient (Wildman–Crippen LogP) is 4.31. The Morgan fingerprint density at radius 1 is 1.13 bits per heavy atom. The van der Waals surface area contributed by atoms with Crippen molar-refractivity contribution in [2.75, 3.05) is 13.1 Å². The second-order valence-corrected chi connectivity index (χ2v) is 9.92. The highest BCUT2D eigenvalue weighted by molar-refractivity contribution is 5.89. The SMILES string of the molecule is Cc1ccc(-c2c(C)c3c(c(C)c2CC(=O)O)CNC3C(=O)N2CCC(C)(C)C2)cc1. The van der Waals surface area contributed by atoms with Crippen LogP contribution in [0.2, 0.25) is 0 Å². The van der Waals surface area contributed by atoms with Gasteiger partial charge in [0, 0.05) is 19.6 Å². The number of aliphatic carboxylic acids is 1. The van der Waals surface area contributed by atoms with Crippen molar-refractivity contribution in [3.8, 4) is 11.1 Å². The summed E-state index contributed by atoms with van der Waals surface area (Å²) in [6.45, 7) is 12.7. The van der Waals surface area contributed by atoms with Gasteiger partial charge in [-0.05, 0) is 71.6 Å². The van der Waals surface area contributed by atoms with E-state index in [1.165, 1.54) is 0 Å². The van der Waals surface area contributed by atoms with Crippen LogP contribution in [-0.4, -0.2) is 35.0 Å². The highest BCUT2D eigenvalue weighted by Crippen LogP contribution is 2.42. The molecule has 1 saturated heterocycles. The quantitative estimate of drug-likeness (QED) is 0.773. The van der Waals surface area contributed by atoms with Gasteiger partial charge in [0.25, 0.3) is 0 Å². The number of carbonyl (C=O) groups excluding carboxylic acids is 1. The van der Waals surface area contributed by atoms with Gasteiger partial charge in [-0.25, -0.2) is 0 Å². The molecular weight excluding hydrogens is 388 g/mol. The molecule has 5 nitrogen and oxygen atoms in total. The van der Waals surface area contributed by atoms with Gasteiger partial charge in [-0.1, -0.05) is 43.7 Å². The van der Waals surface area contributed by atoms with Gasteiger partial charge >= 0.3 is 5.97 Å². The lowest BCUT2D eigenvalue weighted by Gasteiger charge is -2.26. The molecule has 0 radical (unpaired) electrons. The van der Waals surface area contributed by atoms with Gasteiger partial charge in [0.2, 0.25) is 5.91 Å².